The van der Waals surface area contributed by atoms with Crippen LogP contribution >= 0.6 is 0 Å². The number of nitrogens with one attached hydrogen (secondary N) is 1. The zero-order chi connectivity index (χ0) is 21.8. The molecule has 2 aromatic heterocycles. The summed E-state index contributed by atoms with van der Waals surface area (Å²) in [7, 11) is 0. The Morgan fingerprint density at radius 2 is 1.90 bits per heavy atom. The fourth-order valence-corrected chi connectivity index (χ4v) is 3.32. The van der Waals surface area contributed by atoms with Gasteiger partial charge in [-0.15, -0.1) is 0 Å². The van der Waals surface area contributed by atoms with E-state index in [9.17, 15) is 18.0 Å². The molecule has 0 saturated heterocycles. The van der Waals surface area contributed by atoms with Crippen LogP contribution in [0.5, 0.6) is 0 Å². The van der Waals surface area contributed by atoms with Crippen molar-refractivity contribution in [1.29, 1.82) is 0 Å². The number of fused-ring (bicyclic) bond motifs is 1. The molecule has 0 aliphatic heterocycles. The number of pyridine rings is 1. The molecule has 162 valence electrons. The molecule has 1 N–H and O–H groups in total. The molecule has 0 fully saturated rings. The number of alkyl carbamates (subject to hydrolysis) is 1. The van der Waals surface area contributed by atoms with Crippen molar-refractivity contribution in [1.82, 2.24) is 20.4 Å². The summed E-state index contributed by atoms with van der Waals surface area (Å²) in [6.45, 7) is 0.325. The van der Waals surface area contributed by atoms with Crippen molar-refractivity contribution in [3.8, 4) is 11.4 Å². The highest BCUT2D eigenvalue weighted by molar-refractivity contribution is 5.67. The van der Waals surface area contributed by atoms with Crippen LogP contribution in [0.3, 0.4) is 0 Å². The maximum absolute atomic E-state index is 12.6. The molecule has 2 heterocycles. The Labute approximate surface area is 175 Å². The molecule has 1 aliphatic rings. The summed E-state index contributed by atoms with van der Waals surface area (Å²) in [6.07, 6.45) is 0.765. The van der Waals surface area contributed by atoms with E-state index in [2.05, 4.69) is 25.0 Å². The van der Waals surface area contributed by atoms with E-state index in [0.29, 0.717) is 5.56 Å². The molecule has 7 nitrogen and oxygen atoms in total. The molecule has 0 spiro atoms. The zero-order valence-electron chi connectivity index (χ0n) is 16.4. The highest BCUT2D eigenvalue weighted by atomic mass is 19.4. The van der Waals surface area contributed by atoms with Crippen LogP contribution in [0, 0.1) is 0 Å². The number of alkyl halides is 3. The number of amides is 1. The Hall–Kier alpha value is -3.43. The highest BCUT2D eigenvalue weighted by Crippen LogP contribution is 2.29. The van der Waals surface area contributed by atoms with Gasteiger partial charge in [-0.1, -0.05) is 29.4 Å². The van der Waals surface area contributed by atoms with Crippen molar-refractivity contribution >= 4 is 6.09 Å². The van der Waals surface area contributed by atoms with Crippen molar-refractivity contribution < 1.29 is 27.2 Å². The Morgan fingerprint density at radius 1 is 1.13 bits per heavy atom. The molecule has 0 saturated carbocycles. The first kappa shape index (κ1) is 20.8. The van der Waals surface area contributed by atoms with Crippen molar-refractivity contribution in [3.05, 3.63) is 64.8 Å². The van der Waals surface area contributed by atoms with E-state index in [1.807, 2.05) is 6.07 Å². The van der Waals surface area contributed by atoms with Gasteiger partial charge in [0.25, 0.3) is 0 Å². The Kier molecular flexibility index (Phi) is 5.88. The molecule has 0 radical (unpaired) electrons. The molecule has 10 heteroatoms. The van der Waals surface area contributed by atoms with Gasteiger partial charge in [-0.25, -0.2) is 4.79 Å². The summed E-state index contributed by atoms with van der Waals surface area (Å²) in [6, 6.07) is 8.42. The monoisotopic (exact) mass is 432 g/mol. The highest BCUT2D eigenvalue weighted by Gasteiger charge is 2.38. The first-order valence-corrected chi connectivity index (χ1v) is 9.76. The van der Waals surface area contributed by atoms with Gasteiger partial charge in [0.2, 0.25) is 5.82 Å². The lowest BCUT2D eigenvalue weighted by Gasteiger charge is -2.15. The number of halogens is 3. The first-order valence-electron chi connectivity index (χ1n) is 9.76. The number of rotatable bonds is 5. The summed E-state index contributed by atoms with van der Waals surface area (Å²) in [5.41, 5.74) is 4.29. The maximum atomic E-state index is 12.6. The van der Waals surface area contributed by atoms with Gasteiger partial charge in [-0.2, -0.15) is 18.2 Å². The average Bonchev–Trinajstić information content (AvgIpc) is 3.27. The van der Waals surface area contributed by atoms with E-state index < -0.39 is 18.2 Å². The van der Waals surface area contributed by atoms with E-state index in [1.165, 1.54) is 5.56 Å². The predicted octanol–water partition coefficient (Wildman–Crippen LogP) is 4.46. The van der Waals surface area contributed by atoms with E-state index >= 15 is 0 Å². The van der Waals surface area contributed by atoms with Crippen LogP contribution in [0.25, 0.3) is 11.4 Å². The van der Waals surface area contributed by atoms with E-state index in [0.717, 1.165) is 42.5 Å². The first-order chi connectivity index (χ1) is 14.9. The van der Waals surface area contributed by atoms with Gasteiger partial charge in [0.05, 0.1) is 0 Å². The third-order valence-corrected chi connectivity index (χ3v) is 4.91. The van der Waals surface area contributed by atoms with Gasteiger partial charge < -0.3 is 14.6 Å². The van der Waals surface area contributed by atoms with Crippen LogP contribution in [-0.4, -0.2) is 21.2 Å². The number of carbonyl (C=O) groups is 1. The van der Waals surface area contributed by atoms with Crippen LogP contribution in [0.4, 0.5) is 18.0 Å². The normalized spacial score (nSPS) is 13.5. The molecule has 4 rings (SSSR count). The number of aryl methyl sites for hydroxylation is 2. The summed E-state index contributed by atoms with van der Waals surface area (Å²) in [5.74, 6) is -1.56. The van der Waals surface area contributed by atoms with E-state index in [4.69, 9.17) is 4.74 Å². The summed E-state index contributed by atoms with van der Waals surface area (Å²) in [4.78, 5) is 19.8. The van der Waals surface area contributed by atoms with Crippen molar-refractivity contribution in [2.24, 2.45) is 0 Å². The van der Waals surface area contributed by atoms with Crippen LogP contribution in [0.2, 0.25) is 0 Å². The zero-order valence-corrected chi connectivity index (χ0v) is 16.4. The van der Waals surface area contributed by atoms with E-state index in [-0.39, 0.29) is 19.0 Å². The molecule has 3 aromatic rings. The molecule has 1 amide bonds. The summed E-state index contributed by atoms with van der Waals surface area (Å²) in [5, 5.41) is 5.97. The van der Waals surface area contributed by atoms with Gasteiger partial charge in [-0.05, 0) is 42.9 Å². The number of benzene rings is 1. The lowest BCUT2D eigenvalue weighted by Crippen LogP contribution is -2.23. The number of hydrogen-bond acceptors (Lipinski definition) is 6. The fourth-order valence-electron chi connectivity index (χ4n) is 3.32. The molecule has 0 unspecified atom stereocenters. The SMILES string of the molecule is O=C(NCc1ccc(-c2noc(C(F)(F)F)n2)cc1)OCc1cnc2c(c1)CCCC2. The lowest BCUT2D eigenvalue weighted by molar-refractivity contribution is -0.159. The van der Waals surface area contributed by atoms with Crippen LogP contribution < -0.4 is 5.32 Å². The van der Waals surface area contributed by atoms with Gasteiger partial charge in [-0.3, -0.25) is 4.98 Å². The van der Waals surface area contributed by atoms with E-state index in [1.54, 1.807) is 30.5 Å². The smallest absolute Gasteiger partial charge is 0.445 e. The van der Waals surface area contributed by atoms with Crippen LogP contribution in [0.15, 0.2) is 41.1 Å². The van der Waals surface area contributed by atoms with Gasteiger partial charge in [0, 0.05) is 29.6 Å². The quantitative estimate of drug-likeness (QED) is 0.641. The minimum atomic E-state index is -4.69. The molecule has 31 heavy (non-hydrogen) atoms. The number of ether oxygens (including phenoxy) is 1. The standard InChI is InChI=1S/C21H19F3N4O3/c22-21(23,24)19-27-18(28-31-19)15-7-5-13(6-8-15)10-26-20(29)30-12-14-9-16-3-1-2-4-17(16)25-11-14/h5-9,11H,1-4,10,12H2,(H,26,29). The number of nitrogens with zero attached hydrogens (tertiary/aromatic N) is 3. The molecule has 1 aliphatic carbocycles. The van der Waals surface area contributed by atoms with Gasteiger partial charge in [0.15, 0.2) is 0 Å². The van der Waals surface area contributed by atoms with Crippen LogP contribution in [0.1, 0.15) is 41.1 Å². The average molecular weight is 432 g/mol. The second kappa shape index (κ2) is 8.75. The summed E-state index contributed by atoms with van der Waals surface area (Å²) < 4.78 is 47.1. The Balaban J connectivity index is 1.27. The van der Waals surface area contributed by atoms with Gasteiger partial charge in [0.1, 0.15) is 6.61 Å². The third kappa shape index (κ3) is 5.19. The molecular formula is C21H19F3N4O3. The summed E-state index contributed by atoms with van der Waals surface area (Å²) >= 11 is 0. The minimum absolute atomic E-state index is 0.129. The van der Waals surface area contributed by atoms with Crippen LogP contribution in [-0.2, 0) is 36.9 Å². The molecular weight excluding hydrogens is 413 g/mol. The second-order valence-electron chi connectivity index (χ2n) is 7.20. The molecule has 1 aromatic carbocycles. The fraction of sp³-hybridized carbons (Fsp3) is 0.333. The van der Waals surface area contributed by atoms with Crippen molar-refractivity contribution in [2.75, 3.05) is 0 Å². The van der Waals surface area contributed by atoms with Crippen molar-refractivity contribution in [2.45, 2.75) is 45.0 Å². The topological polar surface area (TPSA) is 90.1 Å². The number of aromatic nitrogens is 3. The Morgan fingerprint density at radius 3 is 2.65 bits per heavy atom. The Bertz CT molecular complexity index is 1060. The predicted molar refractivity (Wildman–Crippen MR) is 103 cm³/mol. The number of hydrogen-bond donors (Lipinski definition) is 1. The van der Waals surface area contributed by atoms with Gasteiger partial charge >= 0.3 is 18.2 Å². The van der Waals surface area contributed by atoms with Crippen molar-refractivity contribution in [3.63, 3.8) is 0 Å². The maximum Gasteiger partial charge on any atom is 0.471 e. The molecule has 0 bridgehead atoms. The second-order valence-corrected chi connectivity index (χ2v) is 7.20. The third-order valence-electron chi connectivity index (χ3n) is 4.91. The largest absolute Gasteiger partial charge is 0.471 e. The number of carbonyl (C=O) groups excluding carboxylic acids is 1. The minimum Gasteiger partial charge on any atom is -0.445 e. The molecule has 0 atom stereocenters. The lowest BCUT2D eigenvalue weighted by atomic mass is 9.95.